The zero-order valence-electron chi connectivity index (χ0n) is 27.1. The van der Waals surface area contributed by atoms with Crippen LogP contribution in [0.3, 0.4) is 0 Å². The van der Waals surface area contributed by atoms with Gasteiger partial charge in [-0.25, -0.2) is 8.42 Å². The molecule has 2 fully saturated rings. The van der Waals surface area contributed by atoms with Gasteiger partial charge in [0, 0.05) is 18.9 Å². The van der Waals surface area contributed by atoms with Crippen molar-refractivity contribution in [3.63, 3.8) is 0 Å². The average Bonchev–Trinajstić information content (AvgIpc) is 2.91. The fourth-order valence-electron chi connectivity index (χ4n) is 6.68. The smallest absolute Gasteiger partial charge is 0.311 e. The fraction of sp³-hybridized carbons (Fsp3) is 0.966. The molecular weight excluding hydrogens is 586 g/mol. The van der Waals surface area contributed by atoms with E-state index in [9.17, 15) is 43.9 Å². The lowest BCUT2D eigenvalue weighted by Crippen LogP contribution is -2.60. The first-order valence-electron chi connectivity index (χ1n) is 15.1. The largest absolute Gasteiger partial charge is 0.459 e. The molecule has 0 aliphatic carbocycles. The second-order valence-corrected chi connectivity index (χ2v) is 15.5. The number of aliphatic hydroxyl groups is 6. The van der Waals surface area contributed by atoms with E-state index in [0.717, 1.165) is 10.6 Å². The van der Waals surface area contributed by atoms with Crippen LogP contribution in [-0.4, -0.2) is 129 Å². The van der Waals surface area contributed by atoms with Crippen molar-refractivity contribution in [3.8, 4) is 0 Å². The number of aliphatic hydroxyl groups excluding tert-OH is 4. The van der Waals surface area contributed by atoms with E-state index >= 15 is 0 Å². The van der Waals surface area contributed by atoms with Crippen LogP contribution in [0.1, 0.15) is 74.7 Å². The molecule has 254 valence electrons. The van der Waals surface area contributed by atoms with Crippen LogP contribution >= 0.6 is 0 Å². The SMILES string of the molecule is CC[C@H]1OC(=O)[C@H](C)[C@@H](O)[C@H](C)[C@@H](O[C@@H]2O[C@H](C)CC(N(C)S(C)(=O)=O)[C@H]2O)[C@](C)(O)C[C@@H](C)[C@H](O)[C@H](C)[C@@H](O)[C@]1(C)O. The monoisotopic (exact) mass is 641 g/mol. The molecule has 0 aromatic carbocycles. The molecule has 2 aliphatic rings. The highest BCUT2D eigenvalue weighted by atomic mass is 32.2. The normalized spacial score (nSPS) is 48.0. The summed E-state index contributed by atoms with van der Waals surface area (Å²) < 4.78 is 43.3. The van der Waals surface area contributed by atoms with E-state index in [-0.39, 0.29) is 19.3 Å². The first-order valence-corrected chi connectivity index (χ1v) is 16.9. The molecule has 15 atom stereocenters. The van der Waals surface area contributed by atoms with Crippen LogP contribution in [0.5, 0.6) is 0 Å². The second-order valence-electron chi connectivity index (χ2n) is 13.5. The molecule has 2 rings (SSSR count). The van der Waals surface area contributed by atoms with Gasteiger partial charge in [-0.2, -0.15) is 4.31 Å². The third kappa shape index (κ3) is 8.46. The Balaban J connectivity index is 2.57. The number of hydrogen-bond donors (Lipinski definition) is 6. The summed E-state index contributed by atoms with van der Waals surface area (Å²) in [5, 5.41) is 68.0. The van der Waals surface area contributed by atoms with Gasteiger partial charge in [0.1, 0.15) is 17.8 Å². The van der Waals surface area contributed by atoms with Crippen molar-refractivity contribution in [2.24, 2.45) is 23.7 Å². The van der Waals surface area contributed by atoms with Gasteiger partial charge in [-0.3, -0.25) is 4.79 Å². The van der Waals surface area contributed by atoms with Gasteiger partial charge in [0.05, 0.1) is 54.3 Å². The number of sulfonamides is 1. The number of cyclic esters (lactones) is 1. The molecule has 43 heavy (non-hydrogen) atoms. The highest BCUT2D eigenvalue weighted by molar-refractivity contribution is 7.88. The Bertz CT molecular complexity index is 1040. The Morgan fingerprint density at radius 2 is 1.53 bits per heavy atom. The Labute approximate surface area is 256 Å². The molecule has 0 amide bonds. The molecule has 2 saturated heterocycles. The van der Waals surface area contributed by atoms with Crippen LogP contribution < -0.4 is 0 Å². The lowest BCUT2D eigenvalue weighted by Gasteiger charge is -2.47. The van der Waals surface area contributed by atoms with Crippen molar-refractivity contribution in [3.05, 3.63) is 0 Å². The standard InChI is InChI=1S/C29H55NO12S/c1-11-20-29(8,37)24(34)16(4)21(31)14(2)13-28(7,36)25(17(5)22(32)18(6)26(35)41-20)42-27-23(33)19(12-15(3)40-27)30(9)43(10,38)39/h14-25,27,31-34,36-37H,11-13H2,1-10H3/t14-,15-,16+,17+,18-,19?,20-,21+,22+,23-,24-,25-,27+,28-,29-/m1/s1. The van der Waals surface area contributed by atoms with Crippen molar-refractivity contribution >= 4 is 16.0 Å². The predicted molar refractivity (Wildman–Crippen MR) is 157 cm³/mol. The van der Waals surface area contributed by atoms with Crippen LogP contribution in [0, 0.1) is 23.7 Å². The molecule has 0 spiro atoms. The van der Waals surface area contributed by atoms with Gasteiger partial charge in [0.25, 0.3) is 0 Å². The van der Waals surface area contributed by atoms with Gasteiger partial charge in [-0.1, -0.05) is 27.7 Å². The van der Waals surface area contributed by atoms with Crippen molar-refractivity contribution in [1.82, 2.24) is 4.31 Å². The highest BCUT2D eigenvalue weighted by Crippen LogP contribution is 2.38. The third-order valence-corrected chi connectivity index (χ3v) is 10.9. The van der Waals surface area contributed by atoms with Gasteiger partial charge in [0.2, 0.25) is 10.0 Å². The summed E-state index contributed by atoms with van der Waals surface area (Å²) in [6.45, 7) is 12.3. The average molecular weight is 642 g/mol. The molecule has 2 heterocycles. The summed E-state index contributed by atoms with van der Waals surface area (Å²) in [5.41, 5.74) is -3.74. The van der Waals surface area contributed by atoms with Gasteiger partial charge in [-0.15, -0.1) is 0 Å². The topological polar surface area (TPSA) is 204 Å². The van der Waals surface area contributed by atoms with E-state index in [1.807, 2.05) is 0 Å². The zero-order chi connectivity index (χ0) is 33.4. The molecule has 6 N–H and O–H groups in total. The van der Waals surface area contributed by atoms with Gasteiger partial charge in [0.15, 0.2) is 6.29 Å². The van der Waals surface area contributed by atoms with E-state index < -0.39 is 106 Å². The van der Waals surface area contributed by atoms with Gasteiger partial charge in [-0.05, 0) is 52.9 Å². The summed E-state index contributed by atoms with van der Waals surface area (Å²) in [4.78, 5) is 13.2. The minimum absolute atomic E-state index is 0.115. The van der Waals surface area contributed by atoms with Crippen molar-refractivity contribution in [2.75, 3.05) is 13.3 Å². The molecule has 0 aromatic rings. The maximum Gasteiger partial charge on any atom is 0.311 e. The quantitative estimate of drug-likeness (QED) is 0.219. The third-order valence-electron chi connectivity index (χ3n) is 9.63. The highest BCUT2D eigenvalue weighted by Gasteiger charge is 2.51. The number of likely N-dealkylation sites (N-methyl/N-ethyl adjacent to an activating group) is 1. The number of ether oxygens (including phenoxy) is 3. The summed E-state index contributed by atoms with van der Waals surface area (Å²) in [7, 11) is -2.34. The Morgan fingerprint density at radius 3 is 2.05 bits per heavy atom. The van der Waals surface area contributed by atoms with E-state index in [1.165, 1.54) is 27.8 Å². The molecule has 13 nitrogen and oxygen atoms in total. The Kier molecular flexibility index (Phi) is 12.7. The predicted octanol–water partition coefficient (Wildman–Crippen LogP) is -0.0180. The molecule has 0 saturated carbocycles. The molecule has 0 aromatic heterocycles. The van der Waals surface area contributed by atoms with Crippen LogP contribution in [0.4, 0.5) is 0 Å². The minimum atomic E-state index is -3.69. The first kappa shape index (κ1) is 38.2. The number of nitrogens with zero attached hydrogens (tertiary/aromatic N) is 1. The van der Waals surface area contributed by atoms with E-state index in [4.69, 9.17) is 14.2 Å². The number of rotatable bonds is 5. The summed E-state index contributed by atoms with van der Waals surface area (Å²) >= 11 is 0. The Morgan fingerprint density at radius 1 is 0.977 bits per heavy atom. The maximum absolute atomic E-state index is 13.2. The van der Waals surface area contributed by atoms with E-state index in [1.54, 1.807) is 34.6 Å². The zero-order valence-corrected chi connectivity index (χ0v) is 27.9. The van der Waals surface area contributed by atoms with Gasteiger partial charge >= 0.3 is 5.97 Å². The van der Waals surface area contributed by atoms with E-state index in [2.05, 4.69) is 0 Å². The fourth-order valence-corrected chi connectivity index (χ4v) is 7.39. The lowest BCUT2D eigenvalue weighted by atomic mass is 9.73. The lowest BCUT2D eigenvalue weighted by molar-refractivity contribution is -0.298. The Hall–Kier alpha value is -0.940. The van der Waals surface area contributed by atoms with Crippen molar-refractivity contribution in [2.45, 2.75) is 141 Å². The molecule has 14 heteroatoms. The van der Waals surface area contributed by atoms with Crippen LogP contribution in [-0.2, 0) is 29.0 Å². The van der Waals surface area contributed by atoms with Crippen molar-refractivity contribution in [1.29, 1.82) is 0 Å². The van der Waals surface area contributed by atoms with Crippen molar-refractivity contribution < 1.29 is 58.1 Å². The number of hydrogen-bond acceptors (Lipinski definition) is 12. The molecular formula is C29H55NO12S. The summed E-state index contributed by atoms with van der Waals surface area (Å²) in [6.07, 6.45) is -8.83. The molecule has 1 unspecified atom stereocenters. The van der Waals surface area contributed by atoms with Crippen LogP contribution in [0.15, 0.2) is 0 Å². The van der Waals surface area contributed by atoms with Crippen LogP contribution in [0.2, 0.25) is 0 Å². The number of esters is 1. The second kappa shape index (κ2) is 14.2. The number of carbonyl (C=O) groups excluding carboxylic acids is 1. The number of carbonyl (C=O) groups is 1. The molecule has 0 bridgehead atoms. The van der Waals surface area contributed by atoms with E-state index in [0.29, 0.717) is 0 Å². The van der Waals surface area contributed by atoms with Crippen LogP contribution in [0.25, 0.3) is 0 Å². The summed E-state index contributed by atoms with van der Waals surface area (Å²) in [6, 6.07) is -0.900. The first-order chi connectivity index (χ1) is 19.5. The molecule has 0 radical (unpaired) electrons. The minimum Gasteiger partial charge on any atom is -0.459 e. The summed E-state index contributed by atoms with van der Waals surface area (Å²) in [5.74, 6) is -4.58. The maximum atomic E-state index is 13.2. The molecule has 2 aliphatic heterocycles. The van der Waals surface area contributed by atoms with Gasteiger partial charge < -0.3 is 44.8 Å².